The van der Waals surface area contributed by atoms with Gasteiger partial charge < -0.3 is 0 Å². The van der Waals surface area contributed by atoms with Gasteiger partial charge in [-0.05, 0) is 0 Å². The molecule has 0 N–H and O–H groups in total. The summed E-state index contributed by atoms with van der Waals surface area (Å²) in [4.78, 5) is 0. The van der Waals surface area contributed by atoms with E-state index in [4.69, 9.17) is 0 Å². The van der Waals surface area contributed by atoms with Crippen molar-refractivity contribution in [2.24, 2.45) is 0 Å². The van der Waals surface area contributed by atoms with E-state index >= 15 is 0 Å². The Kier molecular flexibility index (Phi) is 5.74. The Balaban J connectivity index is 2.13. The van der Waals surface area contributed by atoms with Crippen LogP contribution in [0.5, 0.6) is 0 Å². The first-order valence-electron chi connectivity index (χ1n) is 4.27. The first-order chi connectivity index (χ1) is 5.27. The molecule has 0 aromatic rings. The minimum atomic E-state index is 0.433. The fourth-order valence-corrected chi connectivity index (χ4v) is 7.35. The predicted molar refractivity (Wildman–Crippen MR) is 70.7 cm³/mol. The molecule has 11 heavy (non-hydrogen) atoms. The summed E-state index contributed by atoms with van der Waals surface area (Å²) >= 11 is 5.68. The quantitative estimate of drug-likeness (QED) is 0.273. The zero-order valence-corrected chi connectivity index (χ0v) is 13.1. The van der Waals surface area contributed by atoms with Crippen molar-refractivity contribution in [2.45, 2.75) is 39.5 Å². The molecular weight excluding hydrogens is 425 g/mol. The van der Waals surface area contributed by atoms with E-state index in [1.54, 1.807) is 5.21 Å². The average Bonchev–Trinajstić information content (AvgIpc) is 2.38. The molecule has 66 valence electrons. The van der Waals surface area contributed by atoms with Crippen LogP contribution in [-0.2, 0) is 0 Å². The van der Waals surface area contributed by atoms with E-state index in [1.807, 2.05) is 0 Å². The normalized spacial score (nSPS) is 33.3. The van der Waals surface area contributed by atoms with Crippen LogP contribution >= 0.6 is 45.2 Å². The van der Waals surface area contributed by atoms with Gasteiger partial charge in [0.15, 0.2) is 0 Å². The topological polar surface area (TPSA) is 0 Å². The van der Waals surface area contributed by atoms with Crippen LogP contribution in [0.25, 0.3) is 0 Å². The summed E-state index contributed by atoms with van der Waals surface area (Å²) in [5.74, 6) is 0. The second-order valence-electron chi connectivity index (χ2n) is 3.14. The molecule has 0 saturated carbocycles. The van der Waals surface area contributed by atoms with E-state index in [2.05, 4.69) is 45.2 Å². The summed E-state index contributed by atoms with van der Waals surface area (Å²) in [6.07, 6.45) is 7.52. The maximum atomic E-state index is 2.76. The Morgan fingerprint density at radius 2 is 2.18 bits per heavy atom. The summed E-state index contributed by atoms with van der Waals surface area (Å²) in [7, 11) is 0. The molecule has 1 aliphatic rings. The van der Waals surface area contributed by atoms with Crippen LogP contribution in [0.3, 0.4) is 0 Å². The van der Waals surface area contributed by atoms with Gasteiger partial charge in [-0.15, -0.1) is 0 Å². The molecule has 0 aromatic carbocycles. The van der Waals surface area contributed by atoms with Crippen molar-refractivity contribution in [3.05, 3.63) is 0 Å². The summed E-state index contributed by atoms with van der Waals surface area (Å²) in [6.45, 7) is 0. The van der Waals surface area contributed by atoms with Gasteiger partial charge in [-0.1, -0.05) is 0 Å². The molecule has 1 fully saturated rings. The molecule has 1 rings (SSSR count). The van der Waals surface area contributed by atoms with Crippen LogP contribution in [0.15, 0.2) is 0 Å². The molecule has 1 aliphatic heterocycles. The van der Waals surface area contributed by atoms with Crippen molar-refractivity contribution < 1.29 is 0 Å². The van der Waals surface area contributed by atoms with Crippen LogP contribution in [0.2, 0.25) is 5.21 Å². The first kappa shape index (κ1) is 11.1. The van der Waals surface area contributed by atoms with Crippen LogP contribution < -0.4 is 0 Å². The Bertz CT molecular complexity index is 111. The summed E-state index contributed by atoms with van der Waals surface area (Å²) in [6, 6.07) is 0. The van der Waals surface area contributed by atoms with E-state index in [9.17, 15) is 0 Å². The number of unbranched alkanes of at least 4 members (excludes halogenated alkanes) is 1. The molecule has 0 radical (unpaired) electrons. The van der Waals surface area contributed by atoms with Crippen molar-refractivity contribution in [2.75, 3.05) is 4.43 Å². The van der Waals surface area contributed by atoms with Gasteiger partial charge in [0.2, 0.25) is 0 Å². The average molecular weight is 440 g/mol. The molecular formula is C8H15AsI2. The summed E-state index contributed by atoms with van der Waals surface area (Å²) < 4.78 is 2.19. The zero-order valence-electron chi connectivity index (χ0n) is 6.71. The molecule has 3 heteroatoms. The SMILES string of the molecule is ICCCCC1(I)CCC[AsH]1. The number of alkyl halides is 2. The van der Waals surface area contributed by atoms with Crippen LogP contribution in [0, 0.1) is 0 Å². The van der Waals surface area contributed by atoms with Crippen molar-refractivity contribution in [1.29, 1.82) is 0 Å². The monoisotopic (exact) mass is 440 g/mol. The van der Waals surface area contributed by atoms with E-state index in [0.717, 1.165) is 2.21 Å². The van der Waals surface area contributed by atoms with Crippen LogP contribution in [0.1, 0.15) is 32.1 Å². The van der Waals surface area contributed by atoms with Gasteiger partial charge in [0, 0.05) is 0 Å². The third-order valence-corrected chi connectivity index (χ3v) is 9.62. The second-order valence-corrected chi connectivity index (χ2v) is 12.2. The van der Waals surface area contributed by atoms with Crippen molar-refractivity contribution in [1.82, 2.24) is 0 Å². The zero-order chi connectivity index (χ0) is 8.16. The van der Waals surface area contributed by atoms with Crippen molar-refractivity contribution in [3.8, 4) is 0 Å². The molecule has 1 saturated heterocycles. The van der Waals surface area contributed by atoms with Gasteiger partial charge >= 0.3 is 105 Å². The third-order valence-electron chi connectivity index (χ3n) is 2.15. The van der Waals surface area contributed by atoms with Gasteiger partial charge in [-0.3, -0.25) is 0 Å². The number of halogens is 2. The maximum absolute atomic E-state index is 2.76. The Labute approximate surface area is 104 Å². The molecule has 0 nitrogen and oxygen atoms in total. The summed E-state index contributed by atoms with van der Waals surface area (Å²) in [5, 5.41) is 1.60. The van der Waals surface area contributed by atoms with Gasteiger partial charge in [0.25, 0.3) is 0 Å². The molecule has 2 unspecified atom stereocenters. The summed E-state index contributed by atoms with van der Waals surface area (Å²) in [5.41, 5.74) is 0. The van der Waals surface area contributed by atoms with E-state index in [-0.39, 0.29) is 0 Å². The van der Waals surface area contributed by atoms with E-state index in [1.165, 1.54) is 36.5 Å². The standard InChI is InChI=1S/C8H15AsI2/c10-7-2-1-4-8(11)5-3-6-9-8/h9H,1-7H2. The Morgan fingerprint density at radius 1 is 1.36 bits per heavy atom. The first-order valence-corrected chi connectivity index (χ1v) is 9.40. The van der Waals surface area contributed by atoms with Gasteiger partial charge in [-0.25, -0.2) is 0 Å². The number of rotatable bonds is 4. The number of hydrogen-bond donors (Lipinski definition) is 0. The van der Waals surface area contributed by atoms with E-state index < -0.39 is 0 Å². The van der Waals surface area contributed by atoms with Crippen molar-refractivity contribution in [3.63, 3.8) is 0 Å². The van der Waals surface area contributed by atoms with Crippen LogP contribution in [-0.4, -0.2) is 22.4 Å². The van der Waals surface area contributed by atoms with Crippen molar-refractivity contribution >= 4 is 60.9 Å². The Hall–Kier alpha value is 2.02. The predicted octanol–water partition coefficient (Wildman–Crippen LogP) is 3.37. The fourth-order valence-electron chi connectivity index (χ4n) is 1.48. The molecule has 0 bridgehead atoms. The molecule has 0 amide bonds. The third kappa shape index (κ3) is 4.16. The number of hydrogen-bond acceptors (Lipinski definition) is 0. The van der Waals surface area contributed by atoms with Crippen LogP contribution in [0.4, 0.5) is 0 Å². The van der Waals surface area contributed by atoms with E-state index in [0.29, 0.717) is 15.8 Å². The fraction of sp³-hybridized carbons (Fsp3) is 1.00. The van der Waals surface area contributed by atoms with Gasteiger partial charge in [0.1, 0.15) is 0 Å². The molecule has 0 aromatic heterocycles. The second kappa shape index (κ2) is 5.69. The molecule has 2 atom stereocenters. The minimum absolute atomic E-state index is 0.433. The molecule has 0 aliphatic carbocycles. The molecule has 0 spiro atoms. The molecule has 1 heterocycles. The van der Waals surface area contributed by atoms with Gasteiger partial charge in [0.05, 0.1) is 0 Å². The van der Waals surface area contributed by atoms with Gasteiger partial charge in [-0.2, -0.15) is 0 Å². The Morgan fingerprint density at radius 3 is 2.73 bits per heavy atom.